The van der Waals surface area contributed by atoms with Crippen molar-refractivity contribution < 1.29 is 9.59 Å². The average Bonchev–Trinajstić information content (AvgIpc) is 2.18. The van der Waals surface area contributed by atoms with Crippen LogP contribution < -0.4 is 5.32 Å². The van der Waals surface area contributed by atoms with Crippen molar-refractivity contribution in [3.8, 4) is 6.07 Å². The largest absolute Gasteiger partial charge is 0.319 e. The molecule has 0 bridgehead atoms. The van der Waals surface area contributed by atoms with Crippen LogP contribution in [0.25, 0.3) is 0 Å². The van der Waals surface area contributed by atoms with Crippen LogP contribution in [0.2, 0.25) is 5.02 Å². The number of benzene rings is 1. The minimum atomic E-state index is -0.712. The molecule has 1 aromatic rings. The Kier molecular flexibility index (Phi) is 3.42. The second kappa shape index (κ2) is 4.58. The summed E-state index contributed by atoms with van der Waals surface area (Å²) in [5, 5.41) is 11.2. The highest BCUT2D eigenvalue weighted by Crippen LogP contribution is 2.19. The normalized spacial score (nSPS) is 9.13. The quantitative estimate of drug-likeness (QED) is 0.775. The average molecular weight is 223 g/mol. The molecule has 0 saturated carbocycles. The fourth-order valence-electron chi connectivity index (χ4n) is 0.903. The number of hydrogen-bond acceptors (Lipinski definition) is 3. The summed E-state index contributed by atoms with van der Waals surface area (Å²) >= 11 is 5.73. The predicted molar refractivity (Wildman–Crippen MR) is 55.5 cm³/mol. The summed E-state index contributed by atoms with van der Waals surface area (Å²) in [4.78, 5) is 21.7. The first kappa shape index (κ1) is 11.2. The van der Waals surface area contributed by atoms with E-state index in [-0.39, 0.29) is 5.02 Å². The Morgan fingerprint density at radius 3 is 2.60 bits per heavy atom. The molecule has 0 aromatic heterocycles. The summed E-state index contributed by atoms with van der Waals surface area (Å²) in [5.74, 6) is -1.30. The lowest BCUT2D eigenvalue weighted by molar-refractivity contribution is -0.133. The molecule has 0 fully saturated rings. The van der Waals surface area contributed by atoms with Crippen molar-refractivity contribution in [3.05, 3.63) is 28.8 Å². The Balaban J connectivity index is 2.90. The highest BCUT2D eigenvalue weighted by molar-refractivity contribution is 6.40. The van der Waals surface area contributed by atoms with Crippen LogP contribution in [0.5, 0.6) is 0 Å². The predicted octanol–water partition coefficient (Wildman–Crippen LogP) is 1.74. The van der Waals surface area contributed by atoms with Crippen molar-refractivity contribution in [3.63, 3.8) is 0 Å². The van der Waals surface area contributed by atoms with Gasteiger partial charge in [0.1, 0.15) is 6.07 Å². The maximum absolute atomic E-state index is 11.0. The molecule has 1 rings (SSSR count). The third-order valence-electron chi connectivity index (χ3n) is 1.67. The molecule has 0 radical (unpaired) electrons. The fraction of sp³-hybridized carbons (Fsp3) is 0.100. The van der Waals surface area contributed by atoms with E-state index in [0.29, 0.717) is 11.3 Å². The lowest BCUT2D eigenvalue weighted by Gasteiger charge is -2.03. The molecule has 4 nitrogen and oxygen atoms in total. The van der Waals surface area contributed by atoms with E-state index in [1.54, 1.807) is 0 Å². The number of nitrogens with one attached hydrogen (secondary N) is 1. The first-order chi connectivity index (χ1) is 7.04. The topological polar surface area (TPSA) is 70.0 Å². The van der Waals surface area contributed by atoms with Crippen LogP contribution in [0.4, 0.5) is 5.69 Å². The molecule has 1 N–H and O–H groups in total. The molecule has 76 valence electrons. The molecule has 0 unspecified atom stereocenters. The number of rotatable bonds is 2. The minimum absolute atomic E-state index is 0.235. The number of ketones is 1. The molecule has 0 aliphatic carbocycles. The zero-order valence-corrected chi connectivity index (χ0v) is 8.63. The second-order valence-corrected chi connectivity index (χ2v) is 3.22. The standard InChI is InChI=1S/C10H7ClN2O2/c1-6(14)10(15)13-8-3-2-7(5-12)9(11)4-8/h2-4H,1H3,(H,13,15). The summed E-state index contributed by atoms with van der Waals surface area (Å²) in [6.07, 6.45) is 0. The number of anilines is 1. The summed E-state index contributed by atoms with van der Waals surface area (Å²) in [6, 6.07) is 6.28. The van der Waals surface area contributed by atoms with Gasteiger partial charge in [0.2, 0.25) is 5.78 Å². The molecular weight excluding hydrogens is 216 g/mol. The number of nitriles is 1. The first-order valence-corrected chi connectivity index (χ1v) is 4.44. The van der Waals surface area contributed by atoms with E-state index in [4.69, 9.17) is 16.9 Å². The minimum Gasteiger partial charge on any atom is -0.319 e. The molecular formula is C10H7ClN2O2. The Hall–Kier alpha value is -1.86. The van der Waals surface area contributed by atoms with Gasteiger partial charge in [-0.2, -0.15) is 5.26 Å². The molecule has 0 heterocycles. The van der Waals surface area contributed by atoms with Crippen LogP contribution in [-0.4, -0.2) is 11.7 Å². The number of hydrogen-bond donors (Lipinski definition) is 1. The van der Waals surface area contributed by atoms with Gasteiger partial charge in [-0.15, -0.1) is 0 Å². The van der Waals surface area contributed by atoms with Crippen molar-refractivity contribution in [2.45, 2.75) is 6.92 Å². The SMILES string of the molecule is CC(=O)C(=O)Nc1ccc(C#N)c(Cl)c1. The van der Waals surface area contributed by atoms with Crippen LogP contribution in [-0.2, 0) is 9.59 Å². The summed E-state index contributed by atoms with van der Waals surface area (Å²) in [5.41, 5.74) is 0.705. The van der Waals surface area contributed by atoms with Crippen LogP contribution >= 0.6 is 11.6 Å². The van der Waals surface area contributed by atoms with Gasteiger partial charge in [0.05, 0.1) is 10.6 Å². The Morgan fingerprint density at radius 1 is 1.47 bits per heavy atom. The van der Waals surface area contributed by atoms with Gasteiger partial charge in [-0.1, -0.05) is 11.6 Å². The van der Waals surface area contributed by atoms with Gasteiger partial charge in [0.15, 0.2) is 0 Å². The highest BCUT2D eigenvalue weighted by Gasteiger charge is 2.08. The Bertz CT molecular complexity index is 463. The van der Waals surface area contributed by atoms with E-state index in [2.05, 4.69) is 5.32 Å². The van der Waals surface area contributed by atoms with Gasteiger partial charge in [-0.05, 0) is 18.2 Å². The van der Waals surface area contributed by atoms with Crippen LogP contribution in [0.3, 0.4) is 0 Å². The van der Waals surface area contributed by atoms with Gasteiger partial charge in [-0.3, -0.25) is 9.59 Å². The van der Waals surface area contributed by atoms with Crippen LogP contribution in [0.1, 0.15) is 12.5 Å². The van der Waals surface area contributed by atoms with Gasteiger partial charge in [0.25, 0.3) is 5.91 Å². The maximum Gasteiger partial charge on any atom is 0.291 e. The third-order valence-corrected chi connectivity index (χ3v) is 1.98. The van der Waals surface area contributed by atoms with Crippen molar-refractivity contribution in [1.29, 1.82) is 5.26 Å². The van der Waals surface area contributed by atoms with Crippen LogP contribution in [0, 0.1) is 11.3 Å². The van der Waals surface area contributed by atoms with E-state index in [1.807, 2.05) is 6.07 Å². The second-order valence-electron chi connectivity index (χ2n) is 2.82. The number of amides is 1. The molecule has 15 heavy (non-hydrogen) atoms. The van der Waals surface area contributed by atoms with E-state index in [0.717, 1.165) is 0 Å². The highest BCUT2D eigenvalue weighted by atomic mass is 35.5. The molecule has 0 saturated heterocycles. The summed E-state index contributed by atoms with van der Waals surface area (Å²) in [6.45, 7) is 1.17. The van der Waals surface area contributed by atoms with Crippen molar-refractivity contribution in [1.82, 2.24) is 0 Å². The lowest BCUT2D eigenvalue weighted by atomic mass is 10.2. The zero-order valence-electron chi connectivity index (χ0n) is 7.87. The monoisotopic (exact) mass is 222 g/mol. The van der Waals surface area contributed by atoms with Crippen molar-refractivity contribution in [2.24, 2.45) is 0 Å². The molecule has 0 aliphatic rings. The fourth-order valence-corrected chi connectivity index (χ4v) is 1.13. The van der Waals surface area contributed by atoms with Crippen molar-refractivity contribution in [2.75, 3.05) is 5.32 Å². The van der Waals surface area contributed by atoms with E-state index in [1.165, 1.54) is 25.1 Å². The number of halogens is 1. The zero-order chi connectivity index (χ0) is 11.4. The Labute approximate surface area is 91.5 Å². The molecule has 5 heteroatoms. The van der Waals surface area contributed by atoms with E-state index in [9.17, 15) is 9.59 Å². The number of Topliss-reactive ketones (excluding diaryl/α,β-unsaturated/α-hetero) is 1. The van der Waals surface area contributed by atoms with E-state index < -0.39 is 11.7 Å². The number of carbonyl (C=O) groups excluding carboxylic acids is 2. The lowest BCUT2D eigenvalue weighted by Crippen LogP contribution is -2.19. The van der Waals surface area contributed by atoms with Crippen molar-refractivity contribution >= 4 is 29.0 Å². The molecule has 0 aliphatic heterocycles. The summed E-state index contributed by atoms with van der Waals surface area (Å²) in [7, 11) is 0. The summed E-state index contributed by atoms with van der Waals surface area (Å²) < 4.78 is 0. The van der Waals surface area contributed by atoms with Gasteiger partial charge in [0, 0.05) is 12.6 Å². The Morgan fingerprint density at radius 2 is 2.13 bits per heavy atom. The van der Waals surface area contributed by atoms with Gasteiger partial charge < -0.3 is 5.32 Å². The first-order valence-electron chi connectivity index (χ1n) is 4.06. The maximum atomic E-state index is 11.0. The molecule has 0 atom stereocenters. The van der Waals surface area contributed by atoms with E-state index >= 15 is 0 Å². The van der Waals surface area contributed by atoms with Crippen LogP contribution in [0.15, 0.2) is 18.2 Å². The van der Waals surface area contributed by atoms with Gasteiger partial charge in [-0.25, -0.2) is 0 Å². The molecule has 1 amide bonds. The third kappa shape index (κ3) is 2.79. The number of nitrogens with zero attached hydrogens (tertiary/aromatic N) is 1. The molecule has 1 aromatic carbocycles. The number of carbonyl (C=O) groups is 2. The van der Waals surface area contributed by atoms with Gasteiger partial charge >= 0.3 is 0 Å². The molecule has 0 spiro atoms. The smallest absolute Gasteiger partial charge is 0.291 e.